The number of halogens is 1. The van der Waals surface area contributed by atoms with Crippen LogP contribution in [0.2, 0.25) is 0 Å². The van der Waals surface area contributed by atoms with Crippen LogP contribution < -0.4 is 0 Å². The molecule has 2 aliphatic rings. The van der Waals surface area contributed by atoms with Gasteiger partial charge in [-0.2, -0.15) is 0 Å². The maximum Gasteiger partial charge on any atom is 0.340 e. The van der Waals surface area contributed by atoms with E-state index in [0.717, 1.165) is 24.2 Å². The fourth-order valence-corrected chi connectivity index (χ4v) is 4.20. The van der Waals surface area contributed by atoms with E-state index in [0.29, 0.717) is 49.9 Å². The van der Waals surface area contributed by atoms with Gasteiger partial charge < -0.3 is 14.2 Å². The number of ether oxygens (including phenoxy) is 1. The Balaban J connectivity index is 1.26. The van der Waals surface area contributed by atoms with Crippen LogP contribution in [0.5, 0.6) is 0 Å². The highest BCUT2D eigenvalue weighted by Gasteiger charge is 2.29. The van der Waals surface area contributed by atoms with Crippen molar-refractivity contribution in [2.45, 2.75) is 39.3 Å². The highest BCUT2D eigenvalue weighted by molar-refractivity contribution is 5.92. The third kappa shape index (κ3) is 4.41. The van der Waals surface area contributed by atoms with Crippen molar-refractivity contribution in [3.63, 3.8) is 0 Å². The molecular formula is C23H28FN3O3. The lowest BCUT2D eigenvalue weighted by Crippen LogP contribution is -2.49. The molecule has 2 heterocycles. The van der Waals surface area contributed by atoms with Crippen LogP contribution in [0, 0.1) is 19.7 Å². The molecule has 2 aromatic rings. The third-order valence-corrected chi connectivity index (χ3v) is 6.02. The molecule has 1 saturated heterocycles. The van der Waals surface area contributed by atoms with E-state index in [1.165, 1.54) is 6.07 Å². The highest BCUT2D eigenvalue weighted by atomic mass is 19.1. The Hall–Kier alpha value is -2.67. The van der Waals surface area contributed by atoms with Crippen molar-refractivity contribution in [1.82, 2.24) is 14.4 Å². The summed E-state index contributed by atoms with van der Waals surface area (Å²) in [5.74, 6) is -0.838. The Bertz CT molecular complexity index is 943. The average Bonchev–Trinajstić information content (AvgIpc) is 3.52. The first-order chi connectivity index (χ1) is 14.4. The van der Waals surface area contributed by atoms with Crippen molar-refractivity contribution in [3.8, 4) is 0 Å². The summed E-state index contributed by atoms with van der Waals surface area (Å²) < 4.78 is 21.3. The lowest BCUT2D eigenvalue weighted by Gasteiger charge is -2.34. The molecule has 7 heteroatoms. The normalized spacial score (nSPS) is 17.2. The van der Waals surface area contributed by atoms with Crippen LogP contribution in [0.15, 0.2) is 30.3 Å². The Kier molecular flexibility index (Phi) is 5.90. The Morgan fingerprint density at radius 3 is 2.47 bits per heavy atom. The molecule has 6 nitrogen and oxygen atoms in total. The topological polar surface area (TPSA) is 54.8 Å². The highest BCUT2D eigenvalue weighted by Crippen LogP contribution is 2.38. The number of carbonyl (C=O) groups is 2. The van der Waals surface area contributed by atoms with Gasteiger partial charge in [0.1, 0.15) is 5.82 Å². The summed E-state index contributed by atoms with van der Waals surface area (Å²) >= 11 is 0. The molecule has 0 atom stereocenters. The van der Waals surface area contributed by atoms with Gasteiger partial charge in [0, 0.05) is 55.7 Å². The molecule has 1 amide bonds. The number of rotatable bonds is 6. The van der Waals surface area contributed by atoms with Crippen LogP contribution in [0.4, 0.5) is 4.39 Å². The molecule has 160 valence electrons. The Morgan fingerprint density at radius 1 is 1.10 bits per heavy atom. The first-order valence-electron chi connectivity index (χ1n) is 10.5. The molecule has 1 aromatic heterocycles. The van der Waals surface area contributed by atoms with E-state index in [1.54, 1.807) is 17.0 Å². The molecule has 30 heavy (non-hydrogen) atoms. The second kappa shape index (κ2) is 8.60. The van der Waals surface area contributed by atoms with E-state index in [2.05, 4.69) is 9.47 Å². The smallest absolute Gasteiger partial charge is 0.340 e. The number of benzene rings is 1. The maximum absolute atomic E-state index is 13.8. The van der Waals surface area contributed by atoms with Crippen molar-refractivity contribution in [2.24, 2.45) is 0 Å². The minimum atomic E-state index is -0.443. The van der Waals surface area contributed by atoms with Crippen molar-refractivity contribution in [3.05, 3.63) is 58.7 Å². The van der Waals surface area contributed by atoms with Crippen LogP contribution in [0.1, 0.15) is 46.2 Å². The van der Waals surface area contributed by atoms with Crippen LogP contribution in [-0.2, 0) is 16.1 Å². The predicted octanol–water partition coefficient (Wildman–Crippen LogP) is 3.08. The molecule has 0 spiro atoms. The van der Waals surface area contributed by atoms with Gasteiger partial charge in [-0.3, -0.25) is 9.69 Å². The van der Waals surface area contributed by atoms with E-state index in [9.17, 15) is 14.0 Å². The van der Waals surface area contributed by atoms with Crippen molar-refractivity contribution in [1.29, 1.82) is 0 Å². The van der Waals surface area contributed by atoms with Crippen LogP contribution in [-0.4, -0.2) is 59.0 Å². The van der Waals surface area contributed by atoms with E-state index < -0.39 is 5.97 Å². The number of hydrogen-bond donors (Lipinski definition) is 0. The van der Waals surface area contributed by atoms with Crippen LogP contribution in [0.3, 0.4) is 0 Å². The summed E-state index contributed by atoms with van der Waals surface area (Å²) in [5, 5.41) is 0. The minimum absolute atomic E-state index is 0.190. The monoisotopic (exact) mass is 413 g/mol. The SMILES string of the molecule is Cc1cc(C(=O)OCC(=O)N2CCN(Cc3ccccc3F)CC2)c(C)n1C1CC1. The van der Waals surface area contributed by atoms with E-state index in [-0.39, 0.29) is 18.3 Å². The molecule has 1 aliphatic heterocycles. The quantitative estimate of drug-likeness (QED) is 0.683. The van der Waals surface area contributed by atoms with Crippen LogP contribution >= 0.6 is 0 Å². The number of piperazine rings is 1. The van der Waals surface area contributed by atoms with E-state index in [1.807, 2.05) is 26.0 Å². The maximum atomic E-state index is 13.8. The fraction of sp³-hybridized carbons (Fsp3) is 0.478. The van der Waals surface area contributed by atoms with Gasteiger partial charge in [-0.1, -0.05) is 18.2 Å². The van der Waals surface area contributed by atoms with Gasteiger partial charge in [0.15, 0.2) is 6.61 Å². The Morgan fingerprint density at radius 2 is 1.80 bits per heavy atom. The first kappa shape index (κ1) is 20.6. The van der Waals surface area contributed by atoms with Gasteiger partial charge in [0.2, 0.25) is 0 Å². The first-order valence-corrected chi connectivity index (χ1v) is 10.5. The third-order valence-electron chi connectivity index (χ3n) is 6.02. The number of hydrogen-bond acceptors (Lipinski definition) is 4. The van der Waals surface area contributed by atoms with Gasteiger partial charge >= 0.3 is 5.97 Å². The zero-order valence-electron chi connectivity index (χ0n) is 17.6. The lowest BCUT2D eigenvalue weighted by atomic mass is 10.2. The summed E-state index contributed by atoms with van der Waals surface area (Å²) in [4.78, 5) is 28.8. The number of aryl methyl sites for hydroxylation is 1. The summed E-state index contributed by atoms with van der Waals surface area (Å²) in [5.41, 5.74) is 3.17. The predicted molar refractivity (Wildman–Crippen MR) is 111 cm³/mol. The number of amides is 1. The largest absolute Gasteiger partial charge is 0.452 e. The van der Waals surface area contributed by atoms with Gasteiger partial charge in [-0.05, 0) is 38.8 Å². The molecule has 1 saturated carbocycles. The summed E-state index contributed by atoms with van der Waals surface area (Å²) in [7, 11) is 0. The second-order valence-electron chi connectivity index (χ2n) is 8.21. The standard InChI is InChI=1S/C23H28FN3O3/c1-16-13-20(17(2)27(16)19-7-8-19)23(29)30-15-22(28)26-11-9-25(10-12-26)14-18-5-3-4-6-21(18)24/h3-6,13,19H,7-12,14-15H2,1-2H3. The van der Waals surface area contributed by atoms with Crippen molar-refractivity contribution in [2.75, 3.05) is 32.8 Å². The number of carbonyl (C=O) groups excluding carboxylic acids is 2. The molecule has 1 aromatic carbocycles. The van der Waals surface area contributed by atoms with Crippen molar-refractivity contribution < 1.29 is 18.7 Å². The molecule has 1 aliphatic carbocycles. The molecule has 0 unspecified atom stereocenters. The molecule has 0 radical (unpaired) electrons. The molecule has 4 rings (SSSR count). The molecular weight excluding hydrogens is 385 g/mol. The second-order valence-corrected chi connectivity index (χ2v) is 8.21. The Labute approximate surface area is 176 Å². The minimum Gasteiger partial charge on any atom is -0.452 e. The lowest BCUT2D eigenvalue weighted by molar-refractivity contribution is -0.136. The zero-order chi connectivity index (χ0) is 21.3. The average molecular weight is 413 g/mol. The summed E-state index contributed by atoms with van der Waals surface area (Å²) in [6.45, 7) is 6.61. The number of esters is 1. The zero-order valence-corrected chi connectivity index (χ0v) is 17.6. The van der Waals surface area contributed by atoms with Gasteiger partial charge in [0.05, 0.1) is 5.56 Å². The summed E-state index contributed by atoms with van der Waals surface area (Å²) in [6.07, 6.45) is 2.29. The van der Waals surface area contributed by atoms with Gasteiger partial charge in [-0.25, -0.2) is 9.18 Å². The summed E-state index contributed by atoms with van der Waals surface area (Å²) in [6, 6.07) is 9.10. The molecule has 0 N–H and O–H groups in total. The molecule has 0 bridgehead atoms. The van der Waals surface area contributed by atoms with Crippen molar-refractivity contribution >= 4 is 11.9 Å². The van der Waals surface area contributed by atoms with E-state index >= 15 is 0 Å². The van der Waals surface area contributed by atoms with Gasteiger partial charge in [-0.15, -0.1) is 0 Å². The number of nitrogens with zero attached hydrogens (tertiary/aromatic N) is 3. The number of aromatic nitrogens is 1. The van der Waals surface area contributed by atoms with Crippen LogP contribution in [0.25, 0.3) is 0 Å². The van der Waals surface area contributed by atoms with Gasteiger partial charge in [0.25, 0.3) is 5.91 Å². The fourth-order valence-electron chi connectivity index (χ4n) is 4.20. The van der Waals surface area contributed by atoms with E-state index in [4.69, 9.17) is 4.74 Å². The molecule has 2 fully saturated rings.